The summed E-state index contributed by atoms with van der Waals surface area (Å²) in [5.41, 5.74) is 0.783. The summed E-state index contributed by atoms with van der Waals surface area (Å²) in [6.07, 6.45) is 1.89. The molecule has 3 fully saturated rings. The lowest BCUT2D eigenvalue weighted by molar-refractivity contribution is -0.195. The van der Waals surface area contributed by atoms with Crippen molar-refractivity contribution in [2.24, 2.45) is 23.7 Å². The lowest BCUT2D eigenvalue weighted by Gasteiger charge is -2.45. The molecule has 0 radical (unpaired) electrons. The molecule has 2 unspecified atom stereocenters. The third kappa shape index (κ3) is 5.83. The van der Waals surface area contributed by atoms with Gasteiger partial charge in [-0.3, -0.25) is 4.79 Å². The Morgan fingerprint density at radius 1 is 1.23 bits per heavy atom. The molecule has 2 N–H and O–H groups in total. The van der Waals surface area contributed by atoms with Crippen molar-refractivity contribution in [3.63, 3.8) is 0 Å². The van der Waals surface area contributed by atoms with Gasteiger partial charge in [-0.25, -0.2) is 4.79 Å². The minimum absolute atomic E-state index is 0.0203. The lowest BCUT2D eigenvalue weighted by atomic mass is 9.61. The van der Waals surface area contributed by atoms with E-state index in [4.69, 9.17) is 14.2 Å². The van der Waals surface area contributed by atoms with Crippen LogP contribution in [0.3, 0.4) is 0 Å². The second-order valence-electron chi connectivity index (χ2n) is 11.0. The molecular weight excluding hydrogens is 448 g/mol. The van der Waals surface area contributed by atoms with E-state index < -0.39 is 35.9 Å². The van der Waals surface area contributed by atoms with Crippen LogP contribution in [0.1, 0.15) is 79.1 Å². The summed E-state index contributed by atoms with van der Waals surface area (Å²) < 4.78 is 18.3. The van der Waals surface area contributed by atoms with Gasteiger partial charge >= 0.3 is 11.9 Å². The average molecular weight is 493 g/mol. The summed E-state index contributed by atoms with van der Waals surface area (Å²) in [5, 5.41) is 20.8. The number of rotatable bonds is 8. The maximum Gasteiger partial charge on any atom is 0.348 e. The molecule has 9 atom stereocenters. The van der Waals surface area contributed by atoms with Crippen LogP contribution >= 0.6 is 0 Å². The molecule has 3 aliphatic rings. The maximum atomic E-state index is 13.3. The van der Waals surface area contributed by atoms with Crippen LogP contribution in [-0.4, -0.2) is 58.8 Å². The molecule has 7 heteroatoms. The topological polar surface area (TPSA) is 102 Å². The zero-order valence-electron chi connectivity index (χ0n) is 21.8. The van der Waals surface area contributed by atoms with Gasteiger partial charge in [0, 0.05) is 24.9 Å². The quantitative estimate of drug-likeness (QED) is 0.388. The number of carbonyl (C=O) groups is 2. The molecule has 0 spiro atoms. The Morgan fingerprint density at radius 2 is 1.94 bits per heavy atom. The summed E-state index contributed by atoms with van der Waals surface area (Å²) in [7, 11) is 0. The molecule has 2 heterocycles. The van der Waals surface area contributed by atoms with Crippen molar-refractivity contribution in [3.05, 3.63) is 24.3 Å². The van der Waals surface area contributed by atoms with E-state index in [1.54, 1.807) is 6.92 Å². The van der Waals surface area contributed by atoms with Gasteiger partial charge in [-0.1, -0.05) is 39.5 Å². The normalized spacial score (nSPS) is 36.9. The predicted octanol–water partition coefficient (Wildman–Crippen LogP) is 4.11. The predicted molar refractivity (Wildman–Crippen MR) is 132 cm³/mol. The van der Waals surface area contributed by atoms with Crippen molar-refractivity contribution in [1.82, 2.24) is 0 Å². The van der Waals surface area contributed by atoms with Crippen LogP contribution in [0, 0.1) is 23.7 Å². The van der Waals surface area contributed by atoms with Crippen LogP contribution in [0.25, 0.3) is 0 Å². The van der Waals surface area contributed by atoms with Crippen molar-refractivity contribution in [3.8, 4) is 0 Å². The van der Waals surface area contributed by atoms with Gasteiger partial charge in [0.05, 0.1) is 12.2 Å². The van der Waals surface area contributed by atoms with Gasteiger partial charge in [-0.2, -0.15) is 0 Å². The van der Waals surface area contributed by atoms with E-state index in [1.165, 1.54) is 0 Å². The smallest absolute Gasteiger partial charge is 0.348 e. The van der Waals surface area contributed by atoms with Crippen molar-refractivity contribution >= 4 is 11.9 Å². The third-order valence-electron chi connectivity index (χ3n) is 8.42. The second-order valence-corrected chi connectivity index (χ2v) is 11.0. The number of aliphatic hydroxyl groups excluding tert-OH is 2. The standard InChI is InChI=1S/C28H44O7/c1-7-9-23(31)33-21(8-2)27(32)35-28(6)13-12-20(30)17(4)14-22-24-16(3)10-11-19(18(5)15-29)25(24)26(28)34-22/h18-22,24-26,29-30H,3-4,7-15H2,1-2,5-6H3/t18?,19-,20+,21?,22-,24-,25-,26-,28-/m1/s1. The van der Waals surface area contributed by atoms with Crippen LogP contribution in [0.15, 0.2) is 24.3 Å². The minimum Gasteiger partial charge on any atom is -0.454 e. The van der Waals surface area contributed by atoms with Crippen molar-refractivity contribution in [2.75, 3.05) is 6.61 Å². The molecule has 2 aliphatic heterocycles. The van der Waals surface area contributed by atoms with Gasteiger partial charge in [0.15, 0.2) is 6.10 Å². The highest BCUT2D eigenvalue weighted by Gasteiger charge is 2.59. The zero-order chi connectivity index (χ0) is 25.9. The Kier molecular flexibility index (Phi) is 9.22. The first-order valence-corrected chi connectivity index (χ1v) is 13.3. The number of ether oxygens (including phenoxy) is 3. The highest BCUT2D eigenvalue weighted by Crippen LogP contribution is 2.55. The highest BCUT2D eigenvalue weighted by molar-refractivity contribution is 5.79. The fourth-order valence-corrected chi connectivity index (χ4v) is 6.35. The van der Waals surface area contributed by atoms with Crippen LogP contribution < -0.4 is 0 Å². The zero-order valence-corrected chi connectivity index (χ0v) is 21.8. The average Bonchev–Trinajstić information content (AvgIpc) is 3.22. The Balaban J connectivity index is 1.96. The van der Waals surface area contributed by atoms with Crippen LogP contribution in [-0.2, 0) is 23.8 Å². The van der Waals surface area contributed by atoms with Crippen LogP contribution in [0.4, 0.5) is 0 Å². The molecule has 3 rings (SSSR count). The molecule has 0 aromatic heterocycles. The van der Waals surface area contributed by atoms with Crippen LogP contribution in [0.2, 0.25) is 0 Å². The van der Waals surface area contributed by atoms with Gasteiger partial charge in [-0.15, -0.1) is 0 Å². The number of hydrogen-bond acceptors (Lipinski definition) is 7. The van der Waals surface area contributed by atoms with Crippen molar-refractivity contribution in [1.29, 1.82) is 0 Å². The molecule has 1 saturated carbocycles. The van der Waals surface area contributed by atoms with Crippen LogP contribution in [0.5, 0.6) is 0 Å². The SMILES string of the molecule is C=C1CC[C@H](C(C)CO)[C@@H]2[C@H]1[C@H]1CC(=C)[C@@H](O)CC[C@@](C)(OC(=O)C(CC)OC(=O)CCC)[C@@H]2O1. The molecule has 2 saturated heterocycles. The largest absolute Gasteiger partial charge is 0.454 e. The summed E-state index contributed by atoms with van der Waals surface area (Å²) in [4.78, 5) is 25.4. The summed E-state index contributed by atoms with van der Waals surface area (Å²) in [6.45, 7) is 16.2. The molecule has 7 nitrogen and oxygen atoms in total. The van der Waals surface area contributed by atoms with Gasteiger partial charge in [0.1, 0.15) is 11.7 Å². The van der Waals surface area contributed by atoms with E-state index in [1.807, 2.05) is 13.8 Å². The Labute approximate surface area is 209 Å². The van der Waals surface area contributed by atoms with Gasteiger partial charge in [0.2, 0.25) is 0 Å². The monoisotopic (exact) mass is 492 g/mol. The van der Waals surface area contributed by atoms with E-state index in [2.05, 4.69) is 20.1 Å². The molecule has 0 aromatic carbocycles. The highest BCUT2D eigenvalue weighted by atomic mass is 16.6. The molecule has 198 valence electrons. The van der Waals surface area contributed by atoms with Gasteiger partial charge in [0.25, 0.3) is 0 Å². The maximum absolute atomic E-state index is 13.3. The first-order chi connectivity index (χ1) is 16.6. The lowest BCUT2D eigenvalue weighted by Crippen LogP contribution is -2.52. The molecule has 1 aliphatic carbocycles. The number of fused-ring (bicyclic) bond motifs is 5. The van der Waals surface area contributed by atoms with E-state index in [0.29, 0.717) is 32.1 Å². The van der Waals surface area contributed by atoms with E-state index >= 15 is 0 Å². The molecule has 0 amide bonds. The first-order valence-electron chi connectivity index (χ1n) is 13.3. The molecule has 0 aromatic rings. The fraction of sp³-hybridized carbons (Fsp3) is 0.786. The fourth-order valence-electron chi connectivity index (χ4n) is 6.35. The Bertz CT molecular complexity index is 807. The first kappa shape index (κ1) is 27.9. The summed E-state index contributed by atoms with van der Waals surface area (Å²) >= 11 is 0. The number of hydrogen-bond donors (Lipinski definition) is 2. The van der Waals surface area contributed by atoms with E-state index in [-0.39, 0.29) is 42.8 Å². The minimum atomic E-state index is -1.05. The Hall–Kier alpha value is -1.70. The number of aliphatic hydroxyl groups is 2. The molecule has 2 bridgehead atoms. The van der Waals surface area contributed by atoms with Gasteiger partial charge < -0.3 is 24.4 Å². The van der Waals surface area contributed by atoms with E-state index in [0.717, 1.165) is 24.0 Å². The number of carbonyl (C=O) groups excluding carboxylic acids is 2. The van der Waals surface area contributed by atoms with Crippen molar-refractivity contribution < 1.29 is 34.0 Å². The third-order valence-corrected chi connectivity index (χ3v) is 8.42. The number of esters is 2. The Morgan fingerprint density at radius 3 is 2.57 bits per heavy atom. The van der Waals surface area contributed by atoms with Crippen molar-refractivity contribution in [2.45, 2.75) is 109 Å². The second kappa shape index (κ2) is 11.6. The molecule has 35 heavy (non-hydrogen) atoms. The molecular formula is C28H44O7. The van der Waals surface area contributed by atoms with E-state index in [9.17, 15) is 19.8 Å². The van der Waals surface area contributed by atoms with Gasteiger partial charge in [-0.05, 0) is 69.3 Å². The summed E-state index contributed by atoms with van der Waals surface area (Å²) in [6, 6.07) is 0. The summed E-state index contributed by atoms with van der Waals surface area (Å²) in [5.74, 6) is -0.692.